The Bertz CT molecular complexity index is 3820. The molecule has 0 atom stereocenters. The monoisotopic (exact) mass is 1170 g/mol. The van der Waals surface area contributed by atoms with Gasteiger partial charge in [0.15, 0.2) is 0 Å². The standard InChI is InChI=1S/C30H29F2N5O3.C15H9BrF2N2O.C15H21N3O2/c1-19-27(26-22(32)14-20(31)15-23(26)34-29(19)36-7-3-2-4-25(36)38)37-18-30(5-10-39-11-6-30)28-24(37)16-21(17-33-28)35-8-12-40-13-9-35;1-8-14(16)13-10(18)6-9(17)7-11(13)19-15(8)20-5-3-2-4-12(20)21;1-5-19-6-2-15(1)11-17-13-9-12(10-16-14(13)15)18-3-7-20-8-4-18/h2-4,7,14-17H,5-6,8-13,18H2,1H3;2-7H,1H3;9-10,17H,1-8,11H2. The van der Waals surface area contributed by atoms with E-state index >= 15 is 4.39 Å². The van der Waals surface area contributed by atoms with Crippen molar-refractivity contribution in [3.05, 3.63) is 169 Å². The third-order valence-corrected chi connectivity index (χ3v) is 17.4. The zero-order valence-corrected chi connectivity index (χ0v) is 46.4. The van der Waals surface area contributed by atoms with Gasteiger partial charge in [-0.05, 0) is 79.7 Å². The van der Waals surface area contributed by atoms with Crippen LogP contribution in [0.4, 0.5) is 46.0 Å². The molecule has 6 aliphatic heterocycles. The van der Waals surface area contributed by atoms with Crippen LogP contribution in [-0.2, 0) is 29.8 Å². The molecule has 21 heteroatoms. The lowest BCUT2D eigenvalue weighted by Gasteiger charge is -2.34. The largest absolute Gasteiger partial charge is 0.383 e. The Kier molecular flexibility index (Phi) is 15.1. The van der Waals surface area contributed by atoms with Crippen molar-refractivity contribution in [2.45, 2.75) is 50.4 Å². The number of hydrogen-bond acceptors (Lipinski definition) is 14. The number of nitrogens with zero attached hydrogens (tertiary/aromatic N) is 9. The van der Waals surface area contributed by atoms with Crippen LogP contribution in [0, 0.1) is 37.1 Å². The molecule has 420 valence electrons. The molecule has 81 heavy (non-hydrogen) atoms. The van der Waals surface area contributed by atoms with Crippen molar-refractivity contribution in [2.75, 3.05) is 112 Å². The highest BCUT2D eigenvalue weighted by molar-refractivity contribution is 9.10. The van der Waals surface area contributed by atoms with Gasteiger partial charge in [-0.25, -0.2) is 27.5 Å². The maximum atomic E-state index is 15.7. The maximum Gasteiger partial charge on any atom is 0.256 e. The van der Waals surface area contributed by atoms with E-state index in [2.05, 4.69) is 58.0 Å². The Morgan fingerprint density at radius 3 is 1.64 bits per heavy atom. The van der Waals surface area contributed by atoms with E-state index in [4.69, 9.17) is 28.9 Å². The molecule has 14 rings (SSSR count). The molecule has 12 heterocycles. The van der Waals surface area contributed by atoms with Gasteiger partial charge >= 0.3 is 0 Å². The fraction of sp³-hybridized carbons (Fsp3) is 0.367. The van der Waals surface area contributed by atoms with Crippen molar-refractivity contribution in [1.29, 1.82) is 0 Å². The molecule has 1 N–H and O–H groups in total. The van der Waals surface area contributed by atoms with Crippen molar-refractivity contribution in [3.8, 4) is 11.6 Å². The lowest BCUT2D eigenvalue weighted by molar-refractivity contribution is 0.0545. The minimum atomic E-state index is -0.724. The quantitative estimate of drug-likeness (QED) is 0.163. The number of nitrogens with one attached hydrogen (secondary N) is 1. The second-order valence-corrected chi connectivity index (χ2v) is 22.0. The van der Waals surface area contributed by atoms with Crippen molar-refractivity contribution < 1.29 is 36.5 Å². The van der Waals surface area contributed by atoms with E-state index in [-0.39, 0.29) is 43.8 Å². The van der Waals surface area contributed by atoms with E-state index in [0.29, 0.717) is 65.9 Å². The fourth-order valence-electron chi connectivity index (χ4n) is 12.1. The third kappa shape index (κ3) is 10.3. The van der Waals surface area contributed by atoms with Crippen molar-refractivity contribution in [3.63, 3.8) is 0 Å². The van der Waals surface area contributed by atoms with E-state index < -0.39 is 23.3 Å². The SMILES string of the molecule is Cc1c(-n2ccccc2=O)nc2cc(F)cc(F)c2c1Br.Cc1c(-n2ccccc2=O)nc2cc(F)cc(F)c2c1N1CC2(CCOCC2)c2ncc(N3CCOCC3)cc21.c1nc2c(cc1N1CCOCC1)NCC21CCOCC1. The van der Waals surface area contributed by atoms with Gasteiger partial charge in [-0.15, -0.1) is 0 Å². The van der Waals surface area contributed by atoms with Crippen LogP contribution in [0.5, 0.6) is 0 Å². The van der Waals surface area contributed by atoms with Crippen LogP contribution in [0.1, 0.15) is 48.2 Å². The second-order valence-electron chi connectivity index (χ2n) is 21.2. The number of hydrogen-bond donors (Lipinski definition) is 1. The summed E-state index contributed by atoms with van der Waals surface area (Å²) in [5.41, 5.74) is 7.96. The summed E-state index contributed by atoms with van der Waals surface area (Å²) in [5.74, 6) is -2.15. The van der Waals surface area contributed by atoms with Crippen LogP contribution in [0.25, 0.3) is 33.4 Å². The van der Waals surface area contributed by atoms with Crippen molar-refractivity contribution >= 4 is 66.2 Å². The molecule has 0 bridgehead atoms. The lowest BCUT2D eigenvalue weighted by atomic mass is 9.78. The molecule has 0 unspecified atom stereocenters. The maximum absolute atomic E-state index is 15.7. The highest BCUT2D eigenvalue weighted by Gasteiger charge is 2.47. The summed E-state index contributed by atoms with van der Waals surface area (Å²) in [6, 6.07) is 18.0. The molecule has 0 radical (unpaired) electrons. The molecule has 8 aromatic rings. The fourth-order valence-corrected chi connectivity index (χ4v) is 12.7. The van der Waals surface area contributed by atoms with Crippen LogP contribution in [-0.4, -0.2) is 121 Å². The Hall–Kier alpha value is -7.30. The van der Waals surface area contributed by atoms with Gasteiger partial charge in [-0.1, -0.05) is 12.1 Å². The van der Waals surface area contributed by atoms with Gasteiger partial charge in [0, 0.05) is 141 Å². The van der Waals surface area contributed by atoms with Gasteiger partial charge in [0.05, 0.1) is 100 Å². The number of halogens is 5. The molecule has 0 amide bonds. The lowest BCUT2D eigenvalue weighted by Crippen LogP contribution is -2.38. The van der Waals surface area contributed by atoms with Crippen LogP contribution < -0.4 is 31.1 Å². The molecule has 0 saturated carbocycles. The van der Waals surface area contributed by atoms with E-state index in [9.17, 15) is 22.8 Å². The first-order chi connectivity index (χ1) is 39.3. The summed E-state index contributed by atoms with van der Waals surface area (Å²) in [5, 5.41) is 3.98. The molecule has 4 fully saturated rings. The van der Waals surface area contributed by atoms with Crippen LogP contribution in [0.3, 0.4) is 0 Å². The summed E-state index contributed by atoms with van der Waals surface area (Å²) in [4.78, 5) is 50.2. The number of fused-ring (bicyclic) bond motifs is 6. The Morgan fingerprint density at radius 2 is 1.07 bits per heavy atom. The first kappa shape index (κ1) is 54.3. The molecule has 16 nitrogen and oxygen atoms in total. The number of aromatic nitrogens is 6. The normalized spacial score (nSPS) is 18.0. The number of anilines is 5. The third-order valence-electron chi connectivity index (χ3n) is 16.5. The summed E-state index contributed by atoms with van der Waals surface area (Å²) in [6.45, 7) is 14.4. The Balaban J connectivity index is 0.000000133. The molecule has 2 aromatic carbocycles. The average Bonchev–Trinajstić information content (AvgIpc) is 4.13. The summed E-state index contributed by atoms with van der Waals surface area (Å²) >= 11 is 3.31. The van der Waals surface area contributed by atoms with Gasteiger partial charge in [0.25, 0.3) is 11.1 Å². The van der Waals surface area contributed by atoms with Gasteiger partial charge in [0.1, 0.15) is 34.9 Å². The summed E-state index contributed by atoms with van der Waals surface area (Å²) in [7, 11) is 0. The first-order valence-electron chi connectivity index (χ1n) is 27.3. The first-order valence-corrected chi connectivity index (χ1v) is 28.0. The zero-order chi connectivity index (χ0) is 56.0. The molecule has 0 aliphatic carbocycles. The predicted molar refractivity (Wildman–Crippen MR) is 305 cm³/mol. The van der Waals surface area contributed by atoms with Crippen molar-refractivity contribution in [2.24, 2.45) is 0 Å². The van der Waals surface area contributed by atoms with Gasteiger partial charge in [-0.2, -0.15) is 0 Å². The molecule has 6 aliphatic rings. The van der Waals surface area contributed by atoms with E-state index in [1.54, 1.807) is 43.6 Å². The predicted octanol–water partition coefficient (Wildman–Crippen LogP) is 9.53. The smallest absolute Gasteiger partial charge is 0.256 e. The second kappa shape index (κ2) is 22.6. The van der Waals surface area contributed by atoms with Gasteiger partial charge < -0.3 is 39.0 Å². The summed E-state index contributed by atoms with van der Waals surface area (Å²) < 4.78 is 82.9. The van der Waals surface area contributed by atoms with Crippen molar-refractivity contribution in [1.82, 2.24) is 29.1 Å². The van der Waals surface area contributed by atoms with Gasteiger partial charge in [0.2, 0.25) is 0 Å². The zero-order valence-electron chi connectivity index (χ0n) is 44.8. The Labute approximate surface area is 472 Å². The summed E-state index contributed by atoms with van der Waals surface area (Å²) in [6.07, 6.45) is 10.9. The average molecular weight is 1170 g/mol. The molecule has 2 spiro atoms. The van der Waals surface area contributed by atoms with E-state index in [1.165, 1.54) is 44.4 Å². The number of pyridine rings is 6. The molecule has 4 saturated heterocycles. The highest BCUT2D eigenvalue weighted by atomic mass is 79.9. The minimum Gasteiger partial charge on any atom is -0.383 e. The van der Waals surface area contributed by atoms with Crippen LogP contribution >= 0.6 is 15.9 Å². The number of morpholine rings is 2. The van der Waals surface area contributed by atoms with Crippen LogP contribution in [0.15, 0.2) is 112 Å². The number of rotatable bonds is 5. The number of benzene rings is 2. The minimum absolute atomic E-state index is 0.149. The van der Waals surface area contributed by atoms with E-state index in [0.717, 1.165) is 120 Å². The molecule has 6 aromatic heterocycles. The van der Waals surface area contributed by atoms with E-state index in [1.807, 2.05) is 19.3 Å². The molecular formula is C60H59BrF4N10O6. The van der Waals surface area contributed by atoms with Crippen LogP contribution in [0.2, 0.25) is 0 Å². The molecular weight excluding hydrogens is 1110 g/mol. The highest BCUT2D eigenvalue weighted by Crippen LogP contribution is 2.52. The topological polar surface area (TPSA) is 154 Å². The van der Waals surface area contributed by atoms with Gasteiger partial charge in [-0.3, -0.25) is 28.7 Å². The number of ether oxygens (including phenoxy) is 4. The Morgan fingerprint density at radius 1 is 0.580 bits per heavy atom.